The second-order valence-corrected chi connectivity index (χ2v) is 21.0. The number of fused-ring (bicyclic) bond motifs is 1. The Bertz CT molecular complexity index is 2320. The summed E-state index contributed by atoms with van der Waals surface area (Å²) in [7, 11) is -1.19. The summed E-state index contributed by atoms with van der Waals surface area (Å²) in [5, 5.41) is 6.31. The molecule has 0 spiro atoms. The van der Waals surface area contributed by atoms with Gasteiger partial charge in [-0.05, 0) is 88.5 Å². The minimum atomic E-state index is -4.01. The number of hydrogen-bond acceptors (Lipinski definition) is 11. The van der Waals surface area contributed by atoms with Crippen molar-refractivity contribution in [3.8, 4) is 22.9 Å². The molecular formula is C44H56N6O9S. The lowest BCUT2D eigenvalue weighted by atomic mass is 9.85. The summed E-state index contributed by atoms with van der Waals surface area (Å²) in [6.45, 7) is 14.3. The molecule has 1 aliphatic heterocycles. The smallest absolute Gasteiger partial charge is 0.408 e. The average Bonchev–Trinajstić information content (AvgIpc) is 4.10. The first kappa shape index (κ1) is 42.9. The molecule has 4 fully saturated rings. The van der Waals surface area contributed by atoms with Gasteiger partial charge < -0.3 is 29.7 Å². The van der Waals surface area contributed by atoms with Crippen LogP contribution in [-0.2, 0) is 29.1 Å². The molecule has 3 aromatic rings. The van der Waals surface area contributed by atoms with Crippen molar-refractivity contribution in [3.63, 3.8) is 0 Å². The van der Waals surface area contributed by atoms with Gasteiger partial charge >= 0.3 is 6.09 Å². The molecule has 0 radical (unpaired) electrons. The fourth-order valence-electron chi connectivity index (χ4n) is 8.43. The Hall–Kier alpha value is -5.25. The van der Waals surface area contributed by atoms with Gasteiger partial charge in [0.05, 0.1) is 35.3 Å². The Labute approximate surface area is 351 Å². The van der Waals surface area contributed by atoms with Gasteiger partial charge in [0, 0.05) is 43.1 Å². The van der Waals surface area contributed by atoms with Gasteiger partial charge in [0.2, 0.25) is 21.8 Å². The number of aromatic nitrogens is 2. The zero-order chi connectivity index (χ0) is 43.6. The van der Waals surface area contributed by atoms with E-state index < -0.39 is 79.2 Å². The van der Waals surface area contributed by atoms with Crippen LogP contribution in [0.2, 0.25) is 0 Å². The normalized spacial score (nSPS) is 23.9. The van der Waals surface area contributed by atoms with Crippen molar-refractivity contribution in [1.82, 2.24) is 29.8 Å². The Morgan fingerprint density at radius 1 is 1.03 bits per heavy atom. The average molecular weight is 845 g/mol. The number of ether oxygens (including phenoxy) is 3. The highest BCUT2D eigenvalue weighted by Gasteiger charge is 2.68. The number of pyridine rings is 2. The van der Waals surface area contributed by atoms with E-state index >= 15 is 0 Å². The lowest BCUT2D eigenvalue weighted by Gasteiger charge is -2.36. The molecule has 2 N–H and O–H groups in total. The zero-order valence-corrected chi connectivity index (χ0v) is 36.4. The summed E-state index contributed by atoms with van der Waals surface area (Å²) in [5.74, 6) is -1.47. The van der Waals surface area contributed by atoms with Gasteiger partial charge in [-0.3, -0.25) is 19.4 Å². The maximum absolute atomic E-state index is 14.8. The van der Waals surface area contributed by atoms with Crippen LogP contribution >= 0.6 is 0 Å². The molecule has 7 rings (SSSR count). The number of methoxy groups -OCH3 is 1. The quantitative estimate of drug-likeness (QED) is 0.210. The number of alkyl carbamates (subject to hydrolysis) is 1. The summed E-state index contributed by atoms with van der Waals surface area (Å²) >= 11 is 0. The van der Waals surface area contributed by atoms with Crippen molar-refractivity contribution in [2.24, 2.45) is 17.3 Å². The molecule has 60 heavy (non-hydrogen) atoms. The molecule has 3 aliphatic carbocycles. The van der Waals surface area contributed by atoms with E-state index in [1.54, 1.807) is 85.2 Å². The van der Waals surface area contributed by atoms with Crippen molar-refractivity contribution in [2.75, 3.05) is 20.7 Å². The van der Waals surface area contributed by atoms with Crippen LogP contribution in [0.15, 0.2) is 61.3 Å². The summed E-state index contributed by atoms with van der Waals surface area (Å²) in [4.78, 5) is 67.7. The van der Waals surface area contributed by atoms with Crippen molar-refractivity contribution in [3.05, 3.63) is 61.3 Å². The van der Waals surface area contributed by atoms with Crippen molar-refractivity contribution in [2.45, 2.75) is 114 Å². The molecule has 16 heteroatoms. The molecule has 3 heterocycles. The second-order valence-electron chi connectivity index (χ2n) is 18.7. The standard InChI is InChI=1S/C44H56N6O9S/c1-10-26-24-44(26,39(53)49(8)60(55,56)43(18-19-43)27-14-15-27)48-37(51)34-22-29(25-50(34)38(52)36(41(2,3)4)47-40(54)59-42(5,6)7)58-35-23-33(31-13-11-12-20-45-31)46-32-21-28(57-9)16-17-30(32)35/h10-13,16-17,20-21,23,26-27,29,34,36H,1,14-15,18-19,22,24-25H2,2-9H3,(H,47,54)(H,48,51). The van der Waals surface area contributed by atoms with Gasteiger partial charge in [0.25, 0.3) is 5.91 Å². The van der Waals surface area contributed by atoms with E-state index in [0.717, 1.165) is 17.1 Å². The van der Waals surface area contributed by atoms with E-state index in [4.69, 9.17) is 19.2 Å². The van der Waals surface area contributed by atoms with Crippen LogP contribution < -0.4 is 20.1 Å². The predicted octanol–water partition coefficient (Wildman–Crippen LogP) is 5.38. The van der Waals surface area contributed by atoms with Crippen LogP contribution in [0.3, 0.4) is 0 Å². The molecule has 2 aromatic heterocycles. The number of carbonyl (C=O) groups is 4. The topological polar surface area (TPSA) is 186 Å². The van der Waals surface area contributed by atoms with E-state index in [0.29, 0.717) is 46.6 Å². The Balaban J connectivity index is 1.22. The van der Waals surface area contributed by atoms with Crippen LogP contribution in [0.25, 0.3) is 22.3 Å². The lowest BCUT2D eigenvalue weighted by Crippen LogP contribution is -2.60. The highest BCUT2D eigenvalue weighted by Crippen LogP contribution is 2.60. The minimum absolute atomic E-state index is 0.00171. The fourth-order valence-corrected chi connectivity index (χ4v) is 10.6. The highest BCUT2D eigenvalue weighted by atomic mass is 32.2. The summed E-state index contributed by atoms with van der Waals surface area (Å²) in [6, 6.07) is 10.3. The van der Waals surface area contributed by atoms with E-state index in [1.807, 2.05) is 18.2 Å². The van der Waals surface area contributed by atoms with Crippen molar-refractivity contribution < 1.29 is 41.8 Å². The van der Waals surface area contributed by atoms with E-state index in [2.05, 4.69) is 22.2 Å². The van der Waals surface area contributed by atoms with Gasteiger partial charge in [-0.1, -0.05) is 32.9 Å². The number of sulfonamides is 1. The third-order valence-electron chi connectivity index (χ3n) is 12.1. The number of benzene rings is 1. The summed E-state index contributed by atoms with van der Waals surface area (Å²) in [5.41, 5.74) is -1.57. The first-order chi connectivity index (χ1) is 28.1. The highest BCUT2D eigenvalue weighted by molar-refractivity contribution is 7.91. The molecule has 4 amide bonds. The van der Waals surface area contributed by atoms with E-state index in [-0.39, 0.29) is 25.3 Å². The molecule has 4 aliphatic rings. The van der Waals surface area contributed by atoms with E-state index in [1.165, 1.54) is 11.9 Å². The monoisotopic (exact) mass is 844 g/mol. The Kier molecular flexibility index (Phi) is 11.0. The fraction of sp³-hybridized carbons (Fsp3) is 0.545. The molecule has 1 saturated heterocycles. The number of hydrogen-bond donors (Lipinski definition) is 2. The van der Waals surface area contributed by atoms with Crippen LogP contribution in [0.5, 0.6) is 11.5 Å². The van der Waals surface area contributed by atoms with Crippen molar-refractivity contribution >= 4 is 44.7 Å². The third kappa shape index (κ3) is 8.14. The number of amides is 4. The number of nitrogens with zero attached hydrogens (tertiary/aromatic N) is 4. The summed E-state index contributed by atoms with van der Waals surface area (Å²) in [6.07, 6.45) is 4.40. The molecule has 1 aromatic carbocycles. The first-order valence-corrected chi connectivity index (χ1v) is 21.9. The Morgan fingerprint density at radius 3 is 2.32 bits per heavy atom. The molecule has 5 atom stereocenters. The van der Waals surface area contributed by atoms with Crippen molar-refractivity contribution in [1.29, 1.82) is 0 Å². The predicted molar refractivity (Wildman–Crippen MR) is 224 cm³/mol. The maximum Gasteiger partial charge on any atom is 0.408 e. The Morgan fingerprint density at radius 2 is 1.75 bits per heavy atom. The number of nitrogens with one attached hydrogen (secondary N) is 2. The van der Waals surface area contributed by atoms with Crippen LogP contribution in [0.4, 0.5) is 4.79 Å². The maximum atomic E-state index is 14.8. The van der Waals surface area contributed by atoms with Gasteiger partial charge in [-0.25, -0.2) is 22.5 Å². The first-order valence-electron chi connectivity index (χ1n) is 20.5. The molecule has 5 unspecified atom stereocenters. The zero-order valence-electron chi connectivity index (χ0n) is 35.6. The number of carbonyl (C=O) groups excluding carboxylic acids is 4. The van der Waals surface area contributed by atoms with Gasteiger partial charge in [-0.15, -0.1) is 6.58 Å². The molecule has 3 saturated carbocycles. The number of likely N-dealkylation sites (N-methyl/N-ethyl adjacent to an activating group) is 1. The number of likely N-dealkylation sites (tertiary alicyclic amines) is 1. The lowest BCUT2D eigenvalue weighted by molar-refractivity contribution is -0.143. The summed E-state index contributed by atoms with van der Waals surface area (Å²) < 4.78 is 45.5. The van der Waals surface area contributed by atoms with E-state index in [9.17, 15) is 27.6 Å². The van der Waals surface area contributed by atoms with Gasteiger partial charge in [0.1, 0.15) is 40.8 Å². The minimum Gasteiger partial charge on any atom is -0.497 e. The number of rotatable bonds is 13. The molecular weight excluding hydrogens is 789 g/mol. The van der Waals surface area contributed by atoms with Crippen LogP contribution in [0, 0.1) is 17.3 Å². The molecule has 15 nitrogen and oxygen atoms in total. The van der Waals surface area contributed by atoms with Gasteiger partial charge in [0.15, 0.2) is 0 Å². The third-order valence-corrected chi connectivity index (χ3v) is 14.7. The second kappa shape index (κ2) is 15.3. The van der Waals surface area contributed by atoms with Gasteiger partial charge in [-0.2, -0.15) is 0 Å². The molecule has 0 bridgehead atoms. The largest absolute Gasteiger partial charge is 0.497 e. The SMILES string of the molecule is C=CC1CC1(NC(=O)C1CC(Oc2cc(-c3ccccn3)nc3cc(OC)ccc23)CN1C(=O)C(NC(=O)OC(C)(C)C)C(C)(C)C)C(=O)N(C)S(=O)(=O)C1(C2CC2)CC1. The van der Waals surface area contributed by atoms with Crippen LogP contribution in [-0.4, -0.2) is 106 Å². The molecule has 322 valence electrons. The van der Waals surface area contributed by atoms with Crippen LogP contribution in [0.1, 0.15) is 80.1 Å².